The van der Waals surface area contributed by atoms with Crippen molar-refractivity contribution in [3.05, 3.63) is 0 Å². The Balaban J connectivity index is 3.07. The summed E-state index contributed by atoms with van der Waals surface area (Å²) in [5, 5.41) is 8.51. The molecule has 0 aliphatic carbocycles. The van der Waals surface area contributed by atoms with E-state index < -0.39 is 5.97 Å². The maximum Gasteiger partial charge on any atom is 0.305 e. The van der Waals surface area contributed by atoms with Crippen LogP contribution in [-0.4, -0.2) is 295 Å². The summed E-state index contributed by atoms with van der Waals surface area (Å²) in [5.41, 5.74) is 5.34. The van der Waals surface area contributed by atoms with Gasteiger partial charge in [-0.05, 0) is 0 Å². The van der Waals surface area contributed by atoms with E-state index >= 15 is 0 Å². The fourth-order valence-corrected chi connectivity index (χ4v) is 4.74. The number of hydrogen-bond donors (Lipinski definition) is 2. The highest BCUT2D eigenvalue weighted by Crippen LogP contribution is 1.90. The van der Waals surface area contributed by atoms with Crippen LogP contribution in [0.4, 0.5) is 0 Å². The van der Waals surface area contributed by atoms with Crippen LogP contribution in [0.5, 0.6) is 0 Å². The van der Waals surface area contributed by atoms with Gasteiger partial charge in [-0.3, -0.25) is 4.79 Å². The van der Waals surface area contributed by atoms with Gasteiger partial charge in [-0.2, -0.15) is 0 Å². The Hall–Kier alpha value is -1.41. The largest absolute Gasteiger partial charge is 0.481 e. The Kier molecular flexibility index (Phi) is 63.3. The van der Waals surface area contributed by atoms with E-state index in [1.807, 2.05) is 0 Å². The Morgan fingerprint density at radius 3 is 0.406 bits per heavy atom. The molecule has 0 aliphatic rings. The molecule has 0 bridgehead atoms. The van der Waals surface area contributed by atoms with Crippen molar-refractivity contribution in [1.82, 2.24) is 0 Å². The van der Waals surface area contributed by atoms with E-state index in [-0.39, 0.29) is 13.0 Å². The molecule has 24 heteroatoms. The summed E-state index contributed by atoms with van der Waals surface area (Å²) in [4.78, 5) is 10.4. The lowest BCUT2D eigenvalue weighted by Crippen LogP contribution is -2.16. The number of rotatable bonds is 65. The molecule has 0 saturated heterocycles. The molecule has 0 aliphatic heterocycles. The molecule has 0 spiro atoms. The van der Waals surface area contributed by atoms with Gasteiger partial charge in [0.15, 0.2) is 0 Å². The second kappa shape index (κ2) is 64.6. The van der Waals surface area contributed by atoms with E-state index in [0.717, 1.165) is 0 Å². The van der Waals surface area contributed by atoms with E-state index in [1.54, 1.807) is 0 Å². The molecule has 69 heavy (non-hydrogen) atoms. The Labute approximate surface area is 410 Å². The summed E-state index contributed by atoms with van der Waals surface area (Å²) < 4.78 is 114. The molecule has 0 aromatic rings. The number of ether oxygens (including phenoxy) is 21. The van der Waals surface area contributed by atoms with Gasteiger partial charge in [0, 0.05) is 6.54 Å². The first kappa shape index (κ1) is 67.6. The lowest BCUT2D eigenvalue weighted by molar-refractivity contribution is -0.138. The molecule has 0 radical (unpaired) electrons. The lowest BCUT2D eigenvalue weighted by Gasteiger charge is -2.09. The van der Waals surface area contributed by atoms with Gasteiger partial charge < -0.3 is 110 Å². The minimum Gasteiger partial charge on any atom is -0.481 e. The maximum atomic E-state index is 10.4. The summed E-state index contributed by atoms with van der Waals surface area (Å²) in [6.45, 7) is 20.6. The third-order valence-corrected chi connectivity index (χ3v) is 8.16. The van der Waals surface area contributed by atoms with Gasteiger partial charge in [0.05, 0.1) is 284 Å². The van der Waals surface area contributed by atoms with Gasteiger partial charge in [-0.1, -0.05) is 0 Å². The predicted octanol–water partition coefficient (Wildman–Crippen LogP) is -0.232. The zero-order chi connectivity index (χ0) is 49.5. The summed E-state index contributed by atoms with van der Waals surface area (Å²) >= 11 is 0. The molecular formula is C45H91NO23. The van der Waals surface area contributed by atoms with Crippen LogP contribution in [0.1, 0.15) is 6.42 Å². The normalized spacial score (nSPS) is 11.7. The van der Waals surface area contributed by atoms with Gasteiger partial charge in [-0.15, -0.1) is 0 Å². The summed E-state index contributed by atoms with van der Waals surface area (Å²) in [7, 11) is 0. The molecule has 0 heterocycles. The van der Waals surface area contributed by atoms with Crippen LogP contribution in [0.2, 0.25) is 0 Å². The van der Waals surface area contributed by atoms with Crippen LogP contribution in [0, 0.1) is 0 Å². The molecule has 0 fully saturated rings. The van der Waals surface area contributed by atoms with Crippen molar-refractivity contribution in [1.29, 1.82) is 0 Å². The Bertz CT molecular complexity index is 940. The van der Waals surface area contributed by atoms with E-state index in [2.05, 4.69) is 0 Å². The van der Waals surface area contributed by atoms with Gasteiger partial charge in [0.2, 0.25) is 0 Å². The van der Waals surface area contributed by atoms with Crippen molar-refractivity contribution in [3.8, 4) is 0 Å². The van der Waals surface area contributed by atoms with Crippen molar-refractivity contribution in [3.63, 3.8) is 0 Å². The number of carbonyl (C=O) groups is 1. The first-order valence-corrected chi connectivity index (χ1v) is 24.3. The van der Waals surface area contributed by atoms with E-state index in [9.17, 15) is 4.79 Å². The highest BCUT2D eigenvalue weighted by Gasteiger charge is 2.00. The maximum absolute atomic E-state index is 10.4. The quantitative estimate of drug-likeness (QED) is 0.0746. The minimum absolute atomic E-state index is 0.00856. The lowest BCUT2D eigenvalue weighted by atomic mass is 10.5. The zero-order valence-electron chi connectivity index (χ0n) is 41.6. The number of aliphatic carboxylic acids is 1. The zero-order valence-corrected chi connectivity index (χ0v) is 41.6. The van der Waals surface area contributed by atoms with E-state index in [0.29, 0.717) is 277 Å². The number of hydrogen-bond acceptors (Lipinski definition) is 23. The highest BCUT2D eigenvalue weighted by atomic mass is 16.6. The molecule has 0 amide bonds. The molecule has 3 N–H and O–H groups in total. The number of carboxylic acid groups (broad SMARTS) is 1. The van der Waals surface area contributed by atoms with E-state index in [4.69, 9.17) is 110 Å². The fraction of sp³-hybridized carbons (Fsp3) is 0.978. The third kappa shape index (κ3) is 66.6. The van der Waals surface area contributed by atoms with Crippen LogP contribution in [-0.2, 0) is 104 Å². The van der Waals surface area contributed by atoms with Gasteiger partial charge in [0.1, 0.15) is 0 Å². The average molecular weight is 1010 g/mol. The van der Waals surface area contributed by atoms with Crippen LogP contribution in [0.3, 0.4) is 0 Å². The molecular weight excluding hydrogens is 922 g/mol. The third-order valence-electron chi connectivity index (χ3n) is 8.16. The molecule has 0 unspecified atom stereocenters. The van der Waals surface area contributed by atoms with E-state index in [1.165, 1.54) is 0 Å². The second-order valence-corrected chi connectivity index (χ2v) is 13.8. The van der Waals surface area contributed by atoms with Crippen LogP contribution < -0.4 is 5.73 Å². The molecule has 0 aromatic carbocycles. The topological polar surface area (TPSA) is 257 Å². The monoisotopic (exact) mass is 1010 g/mol. The van der Waals surface area contributed by atoms with Gasteiger partial charge >= 0.3 is 5.97 Å². The summed E-state index contributed by atoms with van der Waals surface area (Å²) in [6.07, 6.45) is -0.00856. The standard InChI is InChI=1S/C45H91NO23/c46-2-4-50-6-8-52-10-12-54-14-16-56-18-20-58-22-24-60-26-28-62-30-32-64-34-36-66-38-40-68-42-44-69-43-41-67-39-37-65-35-33-63-31-29-61-27-25-59-23-21-57-19-17-55-15-13-53-11-9-51-7-5-49-3-1-45(47)48/h1-44,46H2,(H,47,48). The van der Waals surface area contributed by atoms with Crippen molar-refractivity contribution in [2.24, 2.45) is 5.73 Å². The van der Waals surface area contributed by atoms with Crippen molar-refractivity contribution in [2.75, 3.05) is 284 Å². The van der Waals surface area contributed by atoms with Crippen LogP contribution in [0.15, 0.2) is 0 Å². The predicted molar refractivity (Wildman–Crippen MR) is 249 cm³/mol. The molecule has 0 aromatic heterocycles. The Morgan fingerprint density at radius 2 is 0.304 bits per heavy atom. The minimum atomic E-state index is -0.879. The fourth-order valence-electron chi connectivity index (χ4n) is 4.74. The molecule has 24 nitrogen and oxygen atoms in total. The van der Waals surface area contributed by atoms with Crippen molar-refractivity contribution in [2.45, 2.75) is 6.42 Å². The first-order chi connectivity index (χ1) is 34.3. The second-order valence-electron chi connectivity index (χ2n) is 13.8. The highest BCUT2D eigenvalue weighted by molar-refractivity contribution is 5.66. The molecule has 0 atom stereocenters. The molecule has 0 saturated carbocycles. The summed E-state index contributed by atoms with van der Waals surface area (Å²) in [6, 6.07) is 0. The van der Waals surface area contributed by atoms with Crippen molar-refractivity contribution >= 4 is 5.97 Å². The average Bonchev–Trinajstić information content (AvgIpc) is 3.35. The van der Waals surface area contributed by atoms with Crippen molar-refractivity contribution < 1.29 is 109 Å². The molecule has 414 valence electrons. The van der Waals surface area contributed by atoms with Crippen LogP contribution in [0.25, 0.3) is 0 Å². The van der Waals surface area contributed by atoms with Gasteiger partial charge in [-0.25, -0.2) is 0 Å². The smallest absolute Gasteiger partial charge is 0.305 e. The number of carboxylic acids is 1. The Morgan fingerprint density at radius 1 is 0.203 bits per heavy atom. The van der Waals surface area contributed by atoms with Gasteiger partial charge in [0.25, 0.3) is 0 Å². The SMILES string of the molecule is NCCOCCOCCOCCOCCOCCOCCOCCOCCOCCOCCOCCOCCOCCOCCOCCOCCOCCOCCOCCOCCOCCC(=O)O. The first-order valence-electron chi connectivity index (χ1n) is 24.3. The van der Waals surface area contributed by atoms with Crippen LogP contribution >= 0.6 is 0 Å². The number of nitrogens with two attached hydrogens (primary N) is 1. The summed E-state index contributed by atoms with van der Waals surface area (Å²) in [5.74, 6) is -0.879. The molecule has 0 rings (SSSR count).